The van der Waals surface area contributed by atoms with Crippen LogP contribution in [0.1, 0.15) is 41.5 Å². The Morgan fingerprint density at radius 1 is 0.962 bits per heavy atom. The minimum atomic E-state index is -0.679. The zero-order chi connectivity index (χ0) is 19.5. The summed E-state index contributed by atoms with van der Waals surface area (Å²) in [7, 11) is 0. The van der Waals surface area contributed by atoms with E-state index in [1.54, 1.807) is 4.90 Å². The molecule has 3 rings (SSSR count). The highest BCUT2D eigenvalue weighted by atomic mass is 16.2. The van der Waals surface area contributed by atoms with Crippen LogP contribution in [-0.2, 0) is 14.4 Å². The lowest BCUT2D eigenvalue weighted by Crippen LogP contribution is -2.48. The molecule has 142 valence electrons. The first-order chi connectivity index (χ1) is 12.1. The molecule has 0 N–H and O–H groups in total. The summed E-state index contributed by atoms with van der Waals surface area (Å²) in [5, 5.41) is 0. The van der Waals surface area contributed by atoms with Crippen molar-refractivity contribution in [2.24, 2.45) is 35.0 Å². The van der Waals surface area contributed by atoms with Crippen molar-refractivity contribution >= 4 is 17.7 Å². The van der Waals surface area contributed by atoms with Crippen molar-refractivity contribution in [3.63, 3.8) is 0 Å². The smallest absolute Gasteiger partial charge is 0.233 e. The Labute approximate surface area is 156 Å². The molecule has 3 amide bonds. The average Bonchev–Trinajstić information content (AvgIpc) is 2.96. The molecule has 2 saturated heterocycles. The Kier molecular flexibility index (Phi) is 4.40. The highest BCUT2D eigenvalue weighted by molar-refractivity contribution is 6.06. The molecule has 3 aliphatic rings. The van der Waals surface area contributed by atoms with Gasteiger partial charge >= 0.3 is 0 Å². The molecule has 5 nitrogen and oxygen atoms in total. The summed E-state index contributed by atoms with van der Waals surface area (Å²) in [6, 6.07) is 0. The standard InChI is InChI=1S/C21H30N2O3/c1-8-22-14(6)15-12(4)11(3)10-21(7,17(15)20(22)26)16-13(5)18(24)23(9-2)19(16)25/h10,12-13,15-17H,6,8-9H2,1-5,7H3. The Bertz CT molecular complexity index is 725. The second kappa shape index (κ2) is 6.07. The quantitative estimate of drug-likeness (QED) is 0.576. The number of nitrogens with zero attached hydrogens (tertiary/aromatic N) is 2. The first kappa shape index (κ1) is 18.9. The van der Waals surface area contributed by atoms with Crippen LogP contribution in [0, 0.1) is 35.0 Å². The molecule has 26 heavy (non-hydrogen) atoms. The predicted molar refractivity (Wildman–Crippen MR) is 99.6 cm³/mol. The normalized spacial score (nSPS) is 40.4. The van der Waals surface area contributed by atoms with Gasteiger partial charge in [-0.25, -0.2) is 0 Å². The molecule has 2 fully saturated rings. The minimum Gasteiger partial charge on any atom is -0.316 e. The van der Waals surface area contributed by atoms with Crippen LogP contribution < -0.4 is 0 Å². The van der Waals surface area contributed by atoms with Crippen LogP contribution in [0.5, 0.6) is 0 Å². The van der Waals surface area contributed by atoms with Gasteiger partial charge in [0.25, 0.3) is 0 Å². The van der Waals surface area contributed by atoms with E-state index in [4.69, 9.17) is 0 Å². The molecular formula is C21H30N2O3. The van der Waals surface area contributed by atoms with Crippen molar-refractivity contribution in [1.29, 1.82) is 0 Å². The molecule has 0 radical (unpaired) electrons. The van der Waals surface area contributed by atoms with E-state index in [2.05, 4.69) is 26.5 Å². The summed E-state index contributed by atoms with van der Waals surface area (Å²) in [6.07, 6.45) is 2.11. The Balaban J connectivity index is 2.16. The van der Waals surface area contributed by atoms with Crippen molar-refractivity contribution in [3.05, 3.63) is 23.9 Å². The van der Waals surface area contributed by atoms with Gasteiger partial charge in [-0.1, -0.05) is 39.0 Å². The number of allylic oxidation sites excluding steroid dienone is 3. The molecule has 6 atom stereocenters. The van der Waals surface area contributed by atoms with Crippen molar-refractivity contribution in [3.8, 4) is 0 Å². The maximum Gasteiger partial charge on any atom is 0.233 e. The monoisotopic (exact) mass is 358 g/mol. The number of fused-ring (bicyclic) bond motifs is 1. The minimum absolute atomic E-state index is 0.0109. The maximum atomic E-state index is 13.3. The molecular weight excluding hydrogens is 328 g/mol. The van der Waals surface area contributed by atoms with Crippen LogP contribution in [0.25, 0.3) is 0 Å². The van der Waals surface area contributed by atoms with Crippen molar-refractivity contribution in [2.75, 3.05) is 13.1 Å². The lowest BCUT2D eigenvalue weighted by Gasteiger charge is -2.45. The molecule has 0 aromatic heterocycles. The van der Waals surface area contributed by atoms with E-state index < -0.39 is 17.3 Å². The molecule has 6 unspecified atom stereocenters. The Morgan fingerprint density at radius 3 is 2.00 bits per heavy atom. The van der Waals surface area contributed by atoms with E-state index in [1.165, 1.54) is 10.5 Å². The Morgan fingerprint density at radius 2 is 1.50 bits per heavy atom. The van der Waals surface area contributed by atoms with Crippen LogP contribution in [0.15, 0.2) is 23.9 Å². The van der Waals surface area contributed by atoms with Gasteiger partial charge in [0.05, 0.1) is 11.8 Å². The second-order valence-corrected chi connectivity index (χ2v) is 8.31. The fourth-order valence-corrected chi connectivity index (χ4v) is 5.70. The van der Waals surface area contributed by atoms with E-state index in [-0.39, 0.29) is 35.5 Å². The van der Waals surface area contributed by atoms with E-state index in [0.717, 1.165) is 5.70 Å². The van der Waals surface area contributed by atoms with Crippen molar-refractivity contribution in [2.45, 2.75) is 41.5 Å². The number of hydrogen-bond acceptors (Lipinski definition) is 3. The van der Waals surface area contributed by atoms with Gasteiger partial charge < -0.3 is 4.90 Å². The highest BCUT2D eigenvalue weighted by Crippen LogP contribution is 2.58. The van der Waals surface area contributed by atoms with Crippen molar-refractivity contribution in [1.82, 2.24) is 9.80 Å². The summed E-state index contributed by atoms with van der Waals surface area (Å²) in [4.78, 5) is 42.1. The number of likely N-dealkylation sites (tertiary alicyclic amines) is 2. The van der Waals surface area contributed by atoms with Gasteiger partial charge in [-0.3, -0.25) is 19.3 Å². The van der Waals surface area contributed by atoms with Crippen LogP contribution in [0.3, 0.4) is 0 Å². The van der Waals surface area contributed by atoms with Crippen LogP contribution in [0.2, 0.25) is 0 Å². The first-order valence-electron chi connectivity index (χ1n) is 9.66. The summed E-state index contributed by atoms with van der Waals surface area (Å²) < 4.78 is 0. The molecule has 0 spiro atoms. The fraction of sp³-hybridized carbons (Fsp3) is 0.667. The van der Waals surface area contributed by atoms with E-state index in [1.807, 2.05) is 27.7 Å². The molecule has 2 heterocycles. The number of hydrogen-bond donors (Lipinski definition) is 0. The molecule has 0 aromatic carbocycles. The van der Waals surface area contributed by atoms with Crippen LogP contribution >= 0.6 is 0 Å². The van der Waals surface area contributed by atoms with Gasteiger partial charge in [0.15, 0.2) is 0 Å². The molecule has 5 heteroatoms. The molecule has 0 saturated carbocycles. The summed E-state index contributed by atoms with van der Waals surface area (Å²) in [5.41, 5.74) is 1.34. The largest absolute Gasteiger partial charge is 0.316 e. The van der Waals surface area contributed by atoms with Gasteiger partial charge in [0.2, 0.25) is 17.7 Å². The topological polar surface area (TPSA) is 57.7 Å². The van der Waals surface area contributed by atoms with Gasteiger partial charge in [0.1, 0.15) is 0 Å². The van der Waals surface area contributed by atoms with Gasteiger partial charge in [-0.15, -0.1) is 0 Å². The highest BCUT2D eigenvalue weighted by Gasteiger charge is 2.63. The van der Waals surface area contributed by atoms with Crippen molar-refractivity contribution < 1.29 is 14.4 Å². The molecule has 2 aliphatic heterocycles. The maximum absolute atomic E-state index is 13.3. The summed E-state index contributed by atoms with van der Waals surface area (Å²) >= 11 is 0. The summed E-state index contributed by atoms with van der Waals surface area (Å²) in [5.74, 6) is -1.28. The zero-order valence-electron chi connectivity index (χ0n) is 16.7. The fourth-order valence-electron chi connectivity index (χ4n) is 5.70. The predicted octanol–water partition coefficient (Wildman–Crippen LogP) is 2.84. The molecule has 1 aliphatic carbocycles. The zero-order valence-corrected chi connectivity index (χ0v) is 16.7. The second-order valence-electron chi connectivity index (χ2n) is 8.31. The first-order valence-corrected chi connectivity index (χ1v) is 9.66. The van der Waals surface area contributed by atoms with Gasteiger partial charge in [-0.05, 0) is 26.7 Å². The van der Waals surface area contributed by atoms with Crippen LogP contribution in [0.4, 0.5) is 0 Å². The number of carbonyl (C=O) groups is 3. The van der Waals surface area contributed by atoms with E-state index in [9.17, 15) is 14.4 Å². The third kappa shape index (κ3) is 2.18. The third-order valence-electron chi connectivity index (χ3n) is 7.08. The van der Waals surface area contributed by atoms with E-state index >= 15 is 0 Å². The average molecular weight is 358 g/mol. The SMILES string of the molecule is C=C1C2C(C)C(C)=CC(C)(C3C(=O)N(CC)C(=O)C3C)C2C(=O)N1CC. The third-order valence-corrected chi connectivity index (χ3v) is 7.08. The number of amides is 3. The van der Waals surface area contributed by atoms with Crippen LogP contribution in [-0.4, -0.2) is 40.6 Å². The van der Waals surface area contributed by atoms with E-state index in [0.29, 0.717) is 13.1 Å². The van der Waals surface area contributed by atoms with Gasteiger partial charge in [-0.2, -0.15) is 0 Å². The molecule has 0 aromatic rings. The summed E-state index contributed by atoms with van der Waals surface area (Å²) in [6.45, 7) is 17.0. The molecule has 0 bridgehead atoms. The lowest BCUT2D eigenvalue weighted by atomic mass is 9.55. The number of rotatable bonds is 3. The number of carbonyl (C=O) groups excluding carboxylic acids is 3. The Hall–Kier alpha value is -1.91. The van der Waals surface area contributed by atoms with Gasteiger partial charge in [0, 0.05) is 36.0 Å². The number of imide groups is 1. The lowest BCUT2D eigenvalue weighted by molar-refractivity contribution is -0.141.